The molecule has 0 aromatic carbocycles. The van der Waals surface area contributed by atoms with Gasteiger partial charge in [-0.25, -0.2) is 0 Å². The maximum absolute atomic E-state index is 4.11. The Morgan fingerprint density at radius 3 is 2.25 bits per heavy atom. The third kappa shape index (κ3) is 1.76. The van der Waals surface area contributed by atoms with Gasteiger partial charge in [-0.05, 0) is 0 Å². The lowest BCUT2D eigenvalue weighted by atomic mass is 11.2. The van der Waals surface area contributed by atoms with Gasteiger partial charge in [0.05, 0.1) is 6.26 Å². The SMILES string of the molecule is C=CO[Si]. The molecular weight excluding hydrogens is 68.1 g/mol. The summed E-state index contributed by atoms with van der Waals surface area (Å²) in [4.78, 5) is 0. The van der Waals surface area contributed by atoms with Crippen molar-refractivity contribution >= 4 is 10.5 Å². The van der Waals surface area contributed by atoms with E-state index in [4.69, 9.17) is 0 Å². The molecule has 4 heavy (non-hydrogen) atoms. The molecule has 0 amide bonds. The highest BCUT2D eigenvalue weighted by molar-refractivity contribution is 5.98. The molecule has 0 aliphatic heterocycles. The molecule has 0 heterocycles. The van der Waals surface area contributed by atoms with Crippen molar-refractivity contribution in [3.63, 3.8) is 0 Å². The van der Waals surface area contributed by atoms with E-state index in [1.54, 1.807) is 0 Å². The molecule has 0 unspecified atom stereocenters. The quantitative estimate of drug-likeness (QED) is 0.317. The molecule has 0 aromatic rings. The monoisotopic (exact) mass is 71.0 g/mol. The smallest absolute Gasteiger partial charge is 0.340 e. The van der Waals surface area contributed by atoms with Gasteiger partial charge in [0.15, 0.2) is 0 Å². The van der Waals surface area contributed by atoms with Crippen LogP contribution < -0.4 is 0 Å². The Kier molecular flexibility index (Phi) is 2.59. The normalized spacial score (nSPS) is 5.25. The molecule has 21 valence electrons. The lowest BCUT2D eigenvalue weighted by molar-refractivity contribution is 0.537. The van der Waals surface area contributed by atoms with E-state index in [0.717, 1.165) is 0 Å². The van der Waals surface area contributed by atoms with Gasteiger partial charge in [0.25, 0.3) is 0 Å². The second kappa shape index (κ2) is 2.76. The zero-order valence-electron chi connectivity index (χ0n) is 2.19. The Labute approximate surface area is 28.8 Å². The molecule has 0 aliphatic rings. The second-order valence-corrected chi connectivity index (χ2v) is 0.520. The molecule has 0 saturated carbocycles. The first-order chi connectivity index (χ1) is 1.91. The Hall–Kier alpha value is -0.243. The number of hydrogen-bond donors (Lipinski definition) is 0. The maximum atomic E-state index is 4.11. The highest BCUT2D eigenvalue weighted by Gasteiger charge is 1.40. The molecular formula is C2H3OSi. The minimum absolute atomic E-state index is 1.29. The van der Waals surface area contributed by atoms with Crippen molar-refractivity contribution < 1.29 is 4.43 Å². The van der Waals surface area contributed by atoms with Crippen LogP contribution in [0.2, 0.25) is 0 Å². The average Bonchev–Trinajstić information content (AvgIpc) is 1.37. The largest absolute Gasteiger partial charge is 0.546 e. The minimum atomic E-state index is 1.29. The van der Waals surface area contributed by atoms with Gasteiger partial charge in [-0.1, -0.05) is 6.58 Å². The molecule has 0 saturated heterocycles. The fraction of sp³-hybridized carbons (Fsp3) is 0. The van der Waals surface area contributed by atoms with Gasteiger partial charge in [-0.2, -0.15) is 0 Å². The zero-order chi connectivity index (χ0) is 3.41. The maximum Gasteiger partial charge on any atom is 0.340 e. The van der Waals surface area contributed by atoms with E-state index in [1.807, 2.05) is 0 Å². The Balaban J connectivity index is 2.30. The fourth-order valence-electron chi connectivity index (χ4n) is 0. The standard InChI is InChI=1S/C2H3OSi/c1-2-3-4/h2H,1H2. The van der Waals surface area contributed by atoms with Crippen molar-refractivity contribution in [3.8, 4) is 0 Å². The molecule has 0 rings (SSSR count). The van der Waals surface area contributed by atoms with Gasteiger partial charge in [0, 0.05) is 0 Å². The predicted octanol–water partition coefficient (Wildman–Crippen LogP) is 0.230. The van der Waals surface area contributed by atoms with E-state index in [0.29, 0.717) is 0 Å². The minimum Gasteiger partial charge on any atom is -0.546 e. The first-order valence-corrected chi connectivity index (χ1v) is 1.26. The first-order valence-electron chi connectivity index (χ1n) is 0.848. The van der Waals surface area contributed by atoms with Crippen molar-refractivity contribution in [3.05, 3.63) is 12.8 Å². The van der Waals surface area contributed by atoms with Gasteiger partial charge in [0.1, 0.15) is 0 Å². The van der Waals surface area contributed by atoms with E-state index in [2.05, 4.69) is 21.5 Å². The second-order valence-electron chi connectivity index (χ2n) is 0.285. The average molecular weight is 71.1 g/mol. The lowest BCUT2D eigenvalue weighted by Crippen LogP contribution is -1.59. The van der Waals surface area contributed by atoms with Crippen LogP contribution in [0.15, 0.2) is 12.8 Å². The summed E-state index contributed by atoms with van der Waals surface area (Å²) >= 11 is 0. The molecule has 0 spiro atoms. The summed E-state index contributed by atoms with van der Waals surface area (Å²) < 4.78 is 4.11. The van der Waals surface area contributed by atoms with Crippen molar-refractivity contribution in [1.29, 1.82) is 0 Å². The molecule has 1 nitrogen and oxygen atoms in total. The summed E-state index contributed by atoms with van der Waals surface area (Å²) in [5.74, 6) is 0. The van der Waals surface area contributed by atoms with Crippen LogP contribution in [0.25, 0.3) is 0 Å². The predicted molar refractivity (Wildman–Crippen MR) is 17.0 cm³/mol. The van der Waals surface area contributed by atoms with E-state index in [-0.39, 0.29) is 0 Å². The topological polar surface area (TPSA) is 9.23 Å². The van der Waals surface area contributed by atoms with E-state index < -0.39 is 0 Å². The van der Waals surface area contributed by atoms with Crippen molar-refractivity contribution in [2.45, 2.75) is 0 Å². The Morgan fingerprint density at radius 2 is 2.25 bits per heavy atom. The van der Waals surface area contributed by atoms with Gasteiger partial charge in [-0.15, -0.1) is 0 Å². The van der Waals surface area contributed by atoms with Crippen LogP contribution in [0.4, 0.5) is 0 Å². The van der Waals surface area contributed by atoms with Gasteiger partial charge >= 0.3 is 10.5 Å². The zero-order valence-corrected chi connectivity index (χ0v) is 3.19. The van der Waals surface area contributed by atoms with Gasteiger partial charge in [0.2, 0.25) is 0 Å². The first kappa shape index (κ1) is 3.76. The fourth-order valence-corrected chi connectivity index (χ4v) is 0. The summed E-state index contributed by atoms with van der Waals surface area (Å²) in [6.07, 6.45) is 1.29. The molecule has 0 aliphatic carbocycles. The Bertz CT molecular complexity index is 20.0. The molecule has 2 heteroatoms. The number of hydrogen-bond acceptors (Lipinski definition) is 1. The summed E-state index contributed by atoms with van der Waals surface area (Å²) in [5.41, 5.74) is 0. The number of rotatable bonds is 1. The highest BCUT2D eigenvalue weighted by atomic mass is 28.2. The molecule has 0 aromatic heterocycles. The van der Waals surface area contributed by atoms with E-state index >= 15 is 0 Å². The van der Waals surface area contributed by atoms with Crippen LogP contribution in [0.5, 0.6) is 0 Å². The van der Waals surface area contributed by atoms with Gasteiger partial charge in [-0.3, -0.25) is 0 Å². The summed E-state index contributed by atoms with van der Waals surface area (Å²) in [6.45, 7) is 3.21. The third-order valence-corrected chi connectivity index (χ3v) is 0.250. The molecule has 0 bridgehead atoms. The summed E-state index contributed by atoms with van der Waals surface area (Å²) in [7, 11) is 2.67. The lowest BCUT2D eigenvalue weighted by Gasteiger charge is -1.71. The highest BCUT2D eigenvalue weighted by Crippen LogP contribution is 1.50. The van der Waals surface area contributed by atoms with Crippen LogP contribution >= 0.6 is 0 Å². The van der Waals surface area contributed by atoms with Crippen LogP contribution in [0.3, 0.4) is 0 Å². The summed E-state index contributed by atoms with van der Waals surface area (Å²) in [6, 6.07) is 0. The van der Waals surface area contributed by atoms with E-state index in [1.165, 1.54) is 6.26 Å². The van der Waals surface area contributed by atoms with Crippen LogP contribution in [-0.2, 0) is 4.43 Å². The van der Waals surface area contributed by atoms with Crippen LogP contribution in [0, 0.1) is 0 Å². The van der Waals surface area contributed by atoms with Crippen LogP contribution in [-0.4, -0.2) is 10.5 Å². The third-order valence-electron chi connectivity index (χ3n) is 0.0833. The van der Waals surface area contributed by atoms with Crippen molar-refractivity contribution in [2.24, 2.45) is 0 Å². The molecule has 3 radical (unpaired) electrons. The van der Waals surface area contributed by atoms with Crippen molar-refractivity contribution in [2.75, 3.05) is 0 Å². The Morgan fingerprint density at radius 1 is 2.00 bits per heavy atom. The van der Waals surface area contributed by atoms with E-state index in [9.17, 15) is 0 Å². The van der Waals surface area contributed by atoms with Gasteiger partial charge < -0.3 is 4.43 Å². The summed E-state index contributed by atoms with van der Waals surface area (Å²) in [5, 5.41) is 0. The van der Waals surface area contributed by atoms with Crippen molar-refractivity contribution in [1.82, 2.24) is 0 Å². The molecule has 0 N–H and O–H groups in total. The molecule has 0 atom stereocenters. The molecule has 0 fully saturated rings. The van der Waals surface area contributed by atoms with Crippen LogP contribution in [0.1, 0.15) is 0 Å².